The van der Waals surface area contributed by atoms with Crippen LogP contribution in [0.15, 0.2) is 23.6 Å². The Labute approximate surface area is 157 Å². The van der Waals surface area contributed by atoms with Crippen LogP contribution < -0.4 is 16.0 Å². The third kappa shape index (κ3) is 4.70. The third-order valence-corrected chi connectivity index (χ3v) is 5.11. The van der Waals surface area contributed by atoms with Gasteiger partial charge in [0.05, 0.1) is 29.4 Å². The summed E-state index contributed by atoms with van der Waals surface area (Å²) >= 11 is 1.37. The predicted molar refractivity (Wildman–Crippen MR) is 101 cm³/mol. The molecule has 3 N–H and O–H groups in total. The molecule has 0 radical (unpaired) electrons. The van der Waals surface area contributed by atoms with Crippen LogP contribution in [0.4, 0.5) is 0 Å². The number of hydrogen-bond donors (Lipinski definition) is 3. The summed E-state index contributed by atoms with van der Waals surface area (Å²) in [6.07, 6.45) is 0.590. The van der Waals surface area contributed by atoms with Gasteiger partial charge in [-0.05, 0) is 29.9 Å². The molecule has 7 nitrogen and oxygen atoms in total. The van der Waals surface area contributed by atoms with Crippen LogP contribution in [0.5, 0.6) is 0 Å². The van der Waals surface area contributed by atoms with Crippen molar-refractivity contribution in [3.8, 4) is 0 Å². The number of fused-ring (bicyclic) bond motifs is 1. The first-order valence-corrected chi connectivity index (χ1v) is 9.79. The molecule has 0 aliphatic carbocycles. The van der Waals surface area contributed by atoms with E-state index in [2.05, 4.69) is 21.0 Å². The van der Waals surface area contributed by atoms with Crippen LogP contribution >= 0.6 is 11.3 Å². The Balaban J connectivity index is 1.59. The van der Waals surface area contributed by atoms with E-state index < -0.39 is 6.04 Å². The van der Waals surface area contributed by atoms with Crippen molar-refractivity contribution in [2.45, 2.75) is 45.9 Å². The molecule has 0 saturated carbocycles. The van der Waals surface area contributed by atoms with E-state index in [0.717, 1.165) is 31.0 Å². The normalized spacial score (nSPS) is 14.7. The molecule has 2 amide bonds. The minimum absolute atomic E-state index is 0.173. The van der Waals surface area contributed by atoms with Gasteiger partial charge in [0.2, 0.25) is 5.91 Å². The zero-order valence-corrected chi connectivity index (χ0v) is 15.9. The van der Waals surface area contributed by atoms with Gasteiger partial charge in [-0.1, -0.05) is 19.9 Å². The Hall–Kier alpha value is -2.19. The Kier molecular flexibility index (Phi) is 6.05. The van der Waals surface area contributed by atoms with E-state index in [0.29, 0.717) is 23.8 Å². The van der Waals surface area contributed by atoms with E-state index in [1.54, 1.807) is 6.07 Å². The molecule has 0 spiro atoms. The number of thiophene rings is 1. The van der Waals surface area contributed by atoms with Gasteiger partial charge in [-0.15, -0.1) is 11.3 Å². The van der Waals surface area contributed by atoms with E-state index in [9.17, 15) is 9.59 Å². The SMILES string of the molecule is CC(C)C[C@H](NC(=O)c1cccs1)C(=O)NCc1cc2n(n1)CCNC2. The smallest absolute Gasteiger partial charge is 0.261 e. The summed E-state index contributed by atoms with van der Waals surface area (Å²) in [4.78, 5) is 25.5. The zero-order valence-electron chi connectivity index (χ0n) is 15.1. The lowest BCUT2D eigenvalue weighted by atomic mass is 10.0. The Morgan fingerprint density at radius 3 is 2.96 bits per heavy atom. The van der Waals surface area contributed by atoms with Gasteiger partial charge in [-0.25, -0.2) is 0 Å². The van der Waals surface area contributed by atoms with Crippen LogP contribution in [0.1, 0.15) is 41.3 Å². The summed E-state index contributed by atoms with van der Waals surface area (Å²) in [5.41, 5.74) is 1.97. The van der Waals surface area contributed by atoms with Crippen LogP contribution in [-0.2, 0) is 24.4 Å². The highest BCUT2D eigenvalue weighted by Crippen LogP contribution is 2.12. The summed E-state index contributed by atoms with van der Waals surface area (Å²) in [5.74, 6) is -0.0857. The molecule has 0 bridgehead atoms. The van der Waals surface area contributed by atoms with Gasteiger partial charge in [0.15, 0.2) is 0 Å². The molecule has 3 heterocycles. The number of aromatic nitrogens is 2. The van der Waals surface area contributed by atoms with Gasteiger partial charge >= 0.3 is 0 Å². The van der Waals surface area contributed by atoms with E-state index in [1.807, 2.05) is 36.0 Å². The van der Waals surface area contributed by atoms with Crippen molar-refractivity contribution in [3.05, 3.63) is 39.8 Å². The number of carbonyl (C=O) groups is 2. The molecule has 0 saturated heterocycles. The maximum absolute atomic E-state index is 12.6. The topological polar surface area (TPSA) is 88.1 Å². The number of carbonyl (C=O) groups excluding carboxylic acids is 2. The summed E-state index contributed by atoms with van der Waals surface area (Å²) in [5, 5.41) is 15.4. The number of hydrogen-bond acceptors (Lipinski definition) is 5. The van der Waals surface area contributed by atoms with Crippen molar-refractivity contribution in [2.24, 2.45) is 5.92 Å². The van der Waals surface area contributed by atoms with Crippen molar-refractivity contribution in [1.82, 2.24) is 25.7 Å². The van der Waals surface area contributed by atoms with Gasteiger partial charge < -0.3 is 16.0 Å². The van der Waals surface area contributed by atoms with Crippen LogP contribution in [-0.4, -0.2) is 34.2 Å². The summed E-state index contributed by atoms with van der Waals surface area (Å²) in [6, 6.07) is 5.04. The molecule has 2 aromatic heterocycles. The molecule has 8 heteroatoms. The van der Waals surface area contributed by atoms with Gasteiger partial charge in [-0.2, -0.15) is 5.10 Å². The first-order valence-electron chi connectivity index (χ1n) is 8.91. The highest BCUT2D eigenvalue weighted by molar-refractivity contribution is 7.12. The maximum atomic E-state index is 12.6. The summed E-state index contributed by atoms with van der Waals surface area (Å²) < 4.78 is 1.97. The van der Waals surface area contributed by atoms with Gasteiger partial charge in [-0.3, -0.25) is 14.3 Å². The number of nitrogens with zero attached hydrogens (tertiary/aromatic N) is 2. The lowest BCUT2D eigenvalue weighted by Crippen LogP contribution is -2.47. The highest BCUT2D eigenvalue weighted by Gasteiger charge is 2.23. The lowest BCUT2D eigenvalue weighted by Gasteiger charge is -2.19. The number of rotatable bonds is 7. The average Bonchev–Trinajstić information content (AvgIpc) is 3.27. The molecule has 0 aromatic carbocycles. The monoisotopic (exact) mass is 375 g/mol. The van der Waals surface area contributed by atoms with Crippen LogP contribution in [0.2, 0.25) is 0 Å². The van der Waals surface area contributed by atoms with E-state index in [1.165, 1.54) is 11.3 Å². The largest absolute Gasteiger partial charge is 0.349 e. The minimum atomic E-state index is -0.552. The first kappa shape index (κ1) is 18.6. The van der Waals surface area contributed by atoms with E-state index in [-0.39, 0.29) is 11.8 Å². The lowest BCUT2D eigenvalue weighted by molar-refractivity contribution is -0.123. The van der Waals surface area contributed by atoms with E-state index >= 15 is 0 Å². The van der Waals surface area contributed by atoms with Gasteiger partial charge in [0, 0.05) is 13.1 Å². The van der Waals surface area contributed by atoms with Crippen molar-refractivity contribution in [3.63, 3.8) is 0 Å². The molecule has 0 fully saturated rings. The molecule has 1 aliphatic rings. The second-order valence-corrected chi connectivity index (χ2v) is 7.83. The fourth-order valence-electron chi connectivity index (χ4n) is 2.98. The fraction of sp³-hybridized carbons (Fsp3) is 0.500. The molecular formula is C18H25N5O2S. The van der Waals surface area contributed by atoms with Crippen LogP contribution in [0.3, 0.4) is 0 Å². The zero-order chi connectivity index (χ0) is 18.5. The molecule has 140 valence electrons. The van der Waals surface area contributed by atoms with Crippen molar-refractivity contribution >= 4 is 23.2 Å². The van der Waals surface area contributed by atoms with Gasteiger partial charge in [0.1, 0.15) is 6.04 Å². The van der Waals surface area contributed by atoms with Gasteiger partial charge in [0.25, 0.3) is 5.91 Å². The van der Waals surface area contributed by atoms with Crippen LogP contribution in [0.25, 0.3) is 0 Å². The molecular weight excluding hydrogens is 350 g/mol. The molecule has 0 unspecified atom stereocenters. The quantitative estimate of drug-likeness (QED) is 0.684. The Morgan fingerprint density at radius 2 is 2.27 bits per heavy atom. The molecule has 2 aromatic rings. The molecule has 1 atom stereocenters. The third-order valence-electron chi connectivity index (χ3n) is 4.24. The second kappa shape index (κ2) is 8.46. The van der Waals surface area contributed by atoms with Crippen molar-refractivity contribution in [2.75, 3.05) is 6.54 Å². The minimum Gasteiger partial charge on any atom is -0.349 e. The highest BCUT2D eigenvalue weighted by atomic mass is 32.1. The Bertz CT molecular complexity index is 730. The first-order chi connectivity index (χ1) is 12.5. The summed E-state index contributed by atoms with van der Waals surface area (Å²) in [6.45, 7) is 6.99. The average molecular weight is 375 g/mol. The molecule has 1 aliphatic heterocycles. The fourth-order valence-corrected chi connectivity index (χ4v) is 3.61. The second-order valence-electron chi connectivity index (χ2n) is 6.88. The number of amides is 2. The molecule has 3 rings (SSSR count). The molecule has 26 heavy (non-hydrogen) atoms. The van der Waals surface area contributed by atoms with E-state index in [4.69, 9.17) is 0 Å². The standard InChI is InChI=1S/C18H25N5O2S/c1-12(2)8-15(21-18(25)16-4-3-7-26-16)17(24)20-10-13-9-14-11-19-5-6-23(14)22-13/h3-4,7,9,12,15,19H,5-6,8,10-11H2,1-2H3,(H,20,24)(H,21,25)/t15-/m0/s1. The van der Waals surface area contributed by atoms with Crippen molar-refractivity contribution in [1.29, 1.82) is 0 Å². The number of nitrogens with one attached hydrogen (secondary N) is 3. The Morgan fingerprint density at radius 1 is 1.42 bits per heavy atom. The van der Waals surface area contributed by atoms with Crippen LogP contribution in [0, 0.1) is 5.92 Å². The summed E-state index contributed by atoms with van der Waals surface area (Å²) in [7, 11) is 0. The van der Waals surface area contributed by atoms with Crippen molar-refractivity contribution < 1.29 is 9.59 Å². The predicted octanol–water partition coefficient (Wildman–Crippen LogP) is 1.51. The maximum Gasteiger partial charge on any atom is 0.261 e.